The number of aryl methyl sites for hydroxylation is 1. The van der Waals surface area contributed by atoms with Crippen molar-refractivity contribution in [2.24, 2.45) is 7.05 Å². The molecule has 5 rings (SSSR count). The number of likely N-dealkylation sites (tertiary alicyclic amines) is 1. The van der Waals surface area contributed by atoms with Crippen LogP contribution in [0, 0.1) is 0 Å². The van der Waals surface area contributed by atoms with E-state index in [4.69, 9.17) is 9.47 Å². The number of rotatable bonds is 8. The molecule has 10 nitrogen and oxygen atoms in total. The van der Waals surface area contributed by atoms with Gasteiger partial charge in [-0.2, -0.15) is 0 Å². The maximum absolute atomic E-state index is 13.2. The summed E-state index contributed by atoms with van der Waals surface area (Å²) in [6.45, 7) is 7.70. The highest BCUT2D eigenvalue weighted by Gasteiger charge is 2.35. The van der Waals surface area contributed by atoms with E-state index in [0.717, 1.165) is 29.5 Å². The number of hydrogen-bond acceptors (Lipinski definition) is 7. The molecule has 2 unspecified atom stereocenters. The smallest absolute Gasteiger partial charge is 0.329 e. The summed E-state index contributed by atoms with van der Waals surface area (Å²) in [4.78, 5) is 52.7. The SMILES string of the molecule is Cn1c(=O)n(C2CCC(=O)NC2=O)c2ccc(C3CCN(C(COCc4ccccc4)C(=O)OC(C)(C)C)CC3)cc21. The van der Waals surface area contributed by atoms with Gasteiger partial charge in [-0.3, -0.25) is 33.7 Å². The van der Waals surface area contributed by atoms with Gasteiger partial charge in [0.15, 0.2) is 0 Å². The van der Waals surface area contributed by atoms with Gasteiger partial charge < -0.3 is 9.47 Å². The van der Waals surface area contributed by atoms with Gasteiger partial charge >= 0.3 is 11.7 Å². The zero-order valence-electron chi connectivity index (χ0n) is 24.8. The van der Waals surface area contributed by atoms with E-state index in [2.05, 4.69) is 10.2 Å². The third-order valence-corrected chi connectivity index (χ3v) is 8.14. The summed E-state index contributed by atoms with van der Waals surface area (Å²) in [7, 11) is 1.71. The molecule has 1 N–H and O–H groups in total. The highest BCUT2D eigenvalue weighted by Crippen LogP contribution is 2.32. The van der Waals surface area contributed by atoms with Gasteiger partial charge in [-0.05, 0) is 82.3 Å². The van der Waals surface area contributed by atoms with E-state index in [1.54, 1.807) is 11.6 Å². The Morgan fingerprint density at radius 2 is 1.71 bits per heavy atom. The van der Waals surface area contributed by atoms with Crippen molar-refractivity contribution in [2.75, 3.05) is 19.7 Å². The number of imidazole rings is 1. The average Bonchev–Trinajstić information content (AvgIpc) is 3.20. The van der Waals surface area contributed by atoms with Crippen LogP contribution in [0.25, 0.3) is 11.0 Å². The quantitative estimate of drug-likeness (QED) is 0.323. The number of nitrogens with one attached hydrogen (secondary N) is 1. The molecule has 2 aliphatic rings. The molecular weight excluding hydrogens is 536 g/mol. The molecule has 2 aliphatic heterocycles. The molecule has 0 radical (unpaired) electrons. The monoisotopic (exact) mass is 576 g/mol. The first-order valence-corrected chi connectivity index (χ1v) is 14.6. The number of amides is 2. The molecule has 0 spiro atoms. The fraction of sp³-hybridized carbons (Fsp3) is 0.500. The predicted molar refractivity (Wildman–Crippen MR) is 158 cm³/mol. The molecule has 0 aliphatic carbocycles. The summed E-state index contributed by atoms with van der Waals surface area (Å²) < 4.78 is 14.8. The van der Waals surface area contributed by atoms with Crippen molar-refractivity contribution in [1.82, 2.24) is 19.4 Å². The average molecular weight is 577 g/mol. The van der Waals surface area contributed by atoms with E-state index in [1.807, 2.05) is 69.3 Å². The lowest BCUT2D eigenvalue weighted by atomic mass is 9.88. The molecule has 2 saturated heterocycles. The Morgan fingerprint density at radius 3 is 2.38 bits per heavy atom. The van der Waals surface area contributed by atoms with Crippen molar-refractivity contribution in [3.05, 3.63) is 70.1 Å². The molecule has 2 amide bonds. The number of aromatic nitrogens is 2. The van der Waals surface area contributed by atoms with Gasteiger partial charge in [-0.15, -0.1) is 0 Å². The Hall–Kier alpha value is -3.76. The van der Waals surface area contributed by atoms with Crippen LogP contribution >= 0.6 is 0 Å². The first-order chi connectivity index (χ1) is 20.0. The minimum atomic E-state index is -0.707. The van der Waals surface area contributed by atoms with Crippen molar-refractivity contribution in [2.45, 2.75) is 76.7 Å². The third kappa shape index (κ3) is 6.50. The van der Waals surface area contributed by atoms with Crippen LogP contribution in [0.2, 0.25) is 0 Å². The maximum atomic E-state index is 13.2. The number of carbonyl (C=O) groups is 3. The summed E-state index contributed by atoms with van der Waals surface area (Å²) >= 11 is 0. The van der Waals surface area contributed by atoms with Crippen LogP contribution in [-0.4, -0.2) is 63.2 Å². The largest absolute Gasteiger partial charge is 0.459 e. The number of fused-ring (bicyclic) bond motifs is 1. The molecule has 10 heteroatoms. The van der Waals surface area contributed by atoms with Crippen molar-refractivity contribution in [3.63, 3.8) is 0 Å². The van der Waals surface area contributed by atoms with E-state index in [0.29, 0.717) is 31.6 Å². The van der Waals surface area contributed by atoms with Crippen LogP contribution in [0.5, 0.6) is 0 Å². The first-order valence-electron chi connectivity index (χ1n) is 14.6. The van der Waals surface area contributed by atoms with E-state index < -0.39 is 23.6 Å². The van der Waals surface area contributed by atoms with Crippen molar-refractivity contribution < 1.29 is 23.9 Å². The lowest BCUT2D eigenvalue weighted by Crippen LogP contribution is -2.50. The Morgan fingerprint density at radius 1 is 1.00 bits per heavy atom. The second-order valence-corrected chi connectivity index (χ2v) is 12.3. The molecule has 2 atom stereocenters. The lowest BCUT2D eigenvalue weighted by molar-refractivity contribution is -0.164. The van der Waals surface area contributed by atoms with E-state index >= 15 is 0 Å². The second kappa shape index (κ2) is 12.2. The van der Waals surface area contributed by atoms with Gasteiger partial charge in [0.05, 0.1) is 24.2 Å². The second-order valence-electron chi connectivity index (χ2n) is 12.3. The van der Waals surface area contributed by atoms with Crippen molar-refractivity contribution in [1.29, 1.82) is 0 Å². The zero-order valence-corrected chi connectivity index (χ0v) is 24.8. The van der Waals surface area contributed by atoms with Gasteiger partial charge in [0.25, 0.3) is 0 Å². The number of benzene rings is 2. The number of hydrogen-bond donors (Lipinski definition) is 1. The Bertz CT molecular complexity index is 1510. The topological polar surface area (TPSA) is 112 Å². The predicted octanol–water partition coefficient (Wildman–Crippen LogP) is 3.42. The van der Waals surface area contributed by atoms with Crippen molar-refractivity contribution in [3.8, 4) is 0 Å². The summed E-state index contributed by atoms with van der Waals surface area (Å²) in [6.07, 6.45) is 2.19. The highest BCUT2D eigenvalue weighted by molar-refractivity contribution is 6.00. The molecule has 3 heterocycles. The zero-order chi connectivity index (χ0) is 30.0. The van der Waals surface area contributed by atoms with Crippen LogP contribution in [0.4, 0.5) is 0 Å². The first kappa shape index (κ1) is 29.7. The number of nitrogens with zero attached hydrogens (tertiary/aromatic N) is 3. The molecule has 0 saturated carbocycles. The number of esters is 1. The third-order valence-electron chi connectivity index (χ3n) is 8.14. The van der Waals surface area contributed by atoms with E-state index in [1.165, 1.54) is 4.57 Å². The summed E-state index contributed by atoms with van der Waals surface area (Å²) in [6, 6.07) is 14.7. The van der Waals surface area contributed by atoms with Gasteiger partial charge in [-0.25, -0.2) is 4.79 Å². The standard InChI is InChI=1S/C32H40N4O6/c1-32(2,3)42-30(39)27(20-41-19-21-8-6-5-7-9-21)35-16-14-22(15-17-35)23-10-11-24-26(18-23)34(4)31(40)36(24)25-12-13-28(37)33-29(25)38/h5-11,18,22,25,27H,12-17,19-20H2,1-4H3,(H,33,37,38). The highest BCUT2D eigenvalue weighted by atomic mass is 16.6. The molecule has 2 fully saturated rings. The molecule has 224 valence electrons. The Kier molecular flexibility index (Phi) is 8.65. The molecular formula is C32H40N4O6. The number of piperidine rings is 2. The molecule has 42 heavy (non-hydrogen) atoms. The van der Waals surface area contributed by atoms with E-state index in [-0.39, 0.29) is 36.5 Å². The van der Waals surface area contributed by atoms with Gasteiger partial charge in [-0.1, -0.05) is 36.4 Å². The number of carbonyl (C=O) groups excluding carboxylic acids is 3. The van der Waals surface area contributed by atoms with Crippen LogP contribution in [0.3, 0.4) is 0 Å². The molecule has 0 bridgehead atoms. The fourth-order valence-electron chi connectivity index (χ4n) is 5.96. The summed E-state index contributed by atoms with van der Waals surface area (Å²) in [5.74, 6) is -0.774. The number of ether oxygens (including phenoxy) is 2. The minimum absolute atomic E-state index is 0.206. The summed E-state index contributed by atoms with van der Waals surface area (Å²) in [5.41, 5.74) is 2.73. The van der Waals surface area contributed by atoms with Crippen LogP contribution in [0.15, 0.2) is 53.3 Å². The maximum Gasteiger partial charge on any atom is 0.329 e. The normalized spacial score (nSPS) is 19.6. The molecule has 1 aromatic heterocycles. The number of imide groups is 1. The van der Waals surface area contributed by atoms with Crippen LogP contribution in [-0.2, 0) is 37.5 Å². The lowest BCUT2D eigenvalue weighted by Gasteiger charge is -2.37. The van der Waals surface area contributed by atoms with Crippen LogP contribution < -0.4 is 11.0 Å². The fourth-order valence-corrected chi connectivity index (χ4v) is 5.96. The van der Waals surface area contributed by atoms with Crippen molar-refractivity contribution >= 4 is 28.8 Å². The molecule has 3 aromatic rings. The Balaban J connectivity index is 1.29. The summed E-state index contributed by atoms with van der Waals surface area (Å²) in [5, 5.41) is 2.35. The minimum Gasteiger partial charge on any atom is -0.459 e. The van der Waals surface area contributed by atoms with Gasteiger partial charge in [0.2, 0.25) is 11.8 Å². The van der Waals surface area contributed by atoms with Crippen LogP contribution in [0.1, 0.15) is 69.5 Å². The molecule has 2 aromatic carbocycles. The Labute approximate surface area is 245 Å². The van der Waals surface area contributed by atoms with Gasteiger partial charge in [0, 0.05) is 13.5 Å². The van der Waals surface area contributed by atoms with Gasteiger partial charge in [0.1, 0.15) is 17.7 Å². The van der Waals surface area contributed by atoms with E-state index in [9.17, 15) is 19.2 Å².